The molecule has 7 heteroatoms. The van der Waals surface area contributed by atoms with Crippen LogP contribution in [0.1, 0.15) is 36.1 Å². The Bertz CT molecular complexity index is 624. The zero-order valence-electron chi connectivity index (χ0n) is 14.6. The van der Waals surface area contributed by atoms with Gasteiger partial charge in [0, 0.05) is 37.6 Å². The van der Waals surface area contributed by atoms with E-state index in [0.29, 0.717) is 13.1 Å². The molecule has 0 aliphatic carbocycles. The van der Waals surface area contributed by atoms with Gasteiger partial charge in [0.1, 0.15) is 0 Å². The third kappa shape index (κ3) is 5.26. The molecule has 1 aromatic rings. The molecule has 2 fully saturated rings. The Hall–Kier alpha value is -0.470. The van der Waals surface area contributed by atoms with Crippen molar-refractivity contribution in [3.8, 4) is 0 Å². The van der Waals surface area contributed by atoms with Crippen molar-refractivity contribution < 1.29 is 8.42 Å². The van der Waals surface area contributed by atoms with Crippen LogP contribution in [-0.2, 0) is 23.1 Å². The molecule has 2 aliphatic rings. The van der Waals surface area contributed by atoms with Crippen LogP contribution in [-0.4, -0.2) is 68.0 Å². The predicted octanol–water partition coefficient (Wildman–Crippen LogP) is 2.20. The first kappa shape index (κ1) is 18.3. The molecule has 3 heterocycles. The summed E-state index contributed by atoms with van der Waals surface area (Å²) in [6.45, 7) is 7.57. The molecule has 136 valence electrons. The molecule has 0 amide bonds. The minimum atomic E-state index is -3.05. The Morgan fingerprint density at radius 3 is 2.38 bits per heavy atom. The molecule has 5 nitrogen and oxygen atoms in total. The lowest BCUT2D eigenvalue weighted by Crippen LogP contribution is -2.34. The largest absolute Gasteiger partial charge is 0.299 e. The molecule has 0 unspecified atom stereocenters. The summed E-state index contributed by atoms with van der Waals surface area (Å²) in [5.74, 6) is 0. The molecule has 2 aliphatic heterocycles. The van der Waals surface area contributed by atoms with Crippen LogP contribution >= 0.6 is 11.3 Å². The summed E-state index contributed by atoms with van der Waals surface area (Å²) in [5.41, 5.74) is 1.43. The van der Waals surface area contributed by atoms with Crippen LogP contribution in [0.3, 0.4) is 0 Å². The summed E-state index contributed by atoms with van der Waals surface area (Å²) >= 11 is 1.84. The van der Waals surface area contributed by atoms with Crippen molar-refractivity contribution in [2.24, 2.45) is 0 Å². The zero-order valence-corrected chi connectivity index (χ0v) is 16.2. The standard InChI is InChI=1S/C17H29N3O2S2/c1-24(21,22)20-9-5-8-19(10-11-20)14-17-12-16(15-23-17)13-18-6-3-2-4-7-18/h12,15H,2-11,13-14H2,1H3. The highest BCUT2D eigenvalue weighted by Gasteiger charge is 2.21. The Balaban J connectivity index is 1.51. The third-order valence-corrected chi connectivity index (χ3v) is 7.23. The van der Waals surface area contributed by atoms with Gasteiger partial charge in [-0.1, -0.05) is 6.42 Å². The van der Waals surface area contributed by atoms with Crippen LogP contribution in [0.25, 0.3) is 0 Å². The maximum absolute atomic E-state index is 11.7. The van der Waals surface area contributed by atoms with Gasteiger partial charge in [-0.15, -0.1) is 11.3 Å². The van der Waals surface area contributed by atoms with E-state index in [-0.39, 0.29) is 0 Å². The highest BCUT2D eigenvalue weighted by molar-refractivity contribution is 7.88. The van der Waals surface area contributed by atoms with Crippen molar-refractivity contribution in [2.75, 3.05) is 45.5 Å². The van der Waals surface area contributed by atoms with E-state index >= 15 is 0 Å². The van der Waals surface area contributed by atoms with Gasteiger partial charge in [0.15, 0.2) is 0 Å². The van der Waals surface area contributed by atoms with Gasteiger partial charge < -0.3 is 0 Å². The number of hydrogen-bond acceptors (Lipinski definition) is 5. The normalized spacial score (nSPS) is 22.5. The highest BCUT2D eigenvalue weighted by atomic mass is 32.2. The fraction of sp³-hybridized carbons (Fsp3) is 0.765. The van der Waals surface area contributed by atoms with Crippen molar-refractivity contribution in [1.29, 1.82) is 0 Å². The second-order valence-electron chi connectivity index (χ2n) is 7.05. The van der Waals surface area contributed by atoms with E-state index < -0.39 is 10.0 Å². The number of piperidine rings is 1. The molecule has 0 aromatic carbocycles. The van der Waals surface area contributed by atoms with Crippen LogP contribution in [0.15, 0.2) is 11.4 Å². The van der Waals surface area contributed by atoms with Crippen LogP contribution < -0.4 is 0 Å². The fourth-order valence-electron chi connectivity index (χ4n) is 3.63. The number of nitrogens with zero attached hydrogens (tertiary/aromatic N) is 3. The molecule has 0 bridgehead atoms. The molecule has 0 N–H and O–H groups in total. The molecule has 1 aromatic heterocycles. The first-order valence-electron chi connectivity index (χ1n) is 8.97. The molecule has 0 radical (unpaired) electrons. The van der Waals surface area contributed by atoms with Crippen LogP contribution in [0.2, 0.25) is 0 Å². The maximum atomic E-state index is 11.7. The van der Waals surface area contributed by atoms with Gasteiger partial charge >= 0.3 is 0 Å². The topological polar surface area (TPSA) is 43.9 Å². The van der Waals surface area contributed by atoms with Gasteiger partial charge in [0.2, 0.25) is 10.0 Å². The van der Waals surface area contributed by atoms with Crippen molar-refractivity contribution in [3.63, 3.8) is 0 Å². The van der Waals surface area contributed by atoms with E-state index in [9.17, 15) is 8.42 Å². The van der Waals surface area contributed by atoms with Gasteiger partial charge in [-0.2, -0.15) is 0 Å². The van der Waals surface area contributed by atoms with Gasteiger partial charge in [-0.25, -0.2) is 12.7 Å². The van der Waals surface area contributed by atoms with Gasteiger partial charge in [0.25, 0.3) is 0 Å². The maximum Gasteiger partial charge on any atom is 0.211 e. The third-order valence-electron chi connectivity index (χ3n) is 4.96. The van der Waals surface area contributed by atoms with E-state index in [0.717, 1.165) is 32.6 Å². The van der Waals surface area contributed by atoms with Gasteiger partial charge in [0.05, 0.1) is 6.26 Å². The summed E-state index contributed by atoms with van der Waals surface area (Å²) in [7, 11) is -3.05. The number of thiophene rings is 1. The lowest BCUT2D eigenvalue weighted by molar-refractivity contribution is 0.221. The SMILES string of the molecule is CS(=O)(=O)N1CCCN(Cc2cc(CN3CCCCC3)cs2)CC1. The van der Waals surface area contributed by atoms with Crippen LogP contribution in [0.4, 0.5) is 0 Å². The van der Waals surface area contributed by atoms with E-state index in [4.69, 9.17) is 0 Å². The summed E-state index contributed by atoms with van der Waals surface area (Å²) in [6.07, 6.45) is 6.28. The van der Waals surface area contributed by atoms with Gasteiger partial charge in [-0.3, -0.25) is 9.80 Å². The average Bonchev–Trinajstić information content (AvgIpc) is 2.82. The molecule has 0 spiro atoms. The highest BCUT2D eigenvalue weighted by Crippen LogP contribution is 2.21. The Morgan fingerprint density at radius 1 is 0.917 bits per heavy atom. The van der Waals surface area contributed by atoms with E-state index in [1.165, 1.54) is 49.0 Å². The number of sulfonamides is 1. The van der Waals surface area contributed by atoms with E-state index in [1.807, 2.05) is 11.3 Å². The Morgan fingerprint density at radius 2 is 1.62 bits per heavy atom. The first-order chi connectivity index (χ1) is 11.5. The predicted molar refractivity (Wildman–Crippen MR) is 99.8 cm³/mol. The summed E-state index contributed by atoms with van der Waals surface area (Å²) in [5, 5.41) is 2.30. The summed E-state index contributed by atoms with van der Waals surface area (Å²) < 4.78 is 25.0. The van der Waals surface area contributed by atoms with Crippen molar-refractivity contribution >= 4 is 21.4 Å². The Labute approximate surface area is 150 Å². The molecular formula is C17H29N3O2S2. The quantitative estimate of drug-likeness (QED) is 0.796. The molecule has 0 atom stereocenters. The van der Waals surface area contributed by atoms with Crippen LogP contribution in [0.5, 0.6) is 0 Å². The molecule has 24 heavy (non-hydrogen) atoms. The van der Waals surface area contributed by atoms with Crippen molar-refractivity contribution in [2.45, 2.75) is 38.8 Å². The minimum Gasteiger partial charge on any atom is -0.299 e. The molecule has 3 rings (SSSR count). The lowest BCUT2D eigenvalue weighted by Gasteiger charge is -2.25. The smallest absolute Gasteiger partial charge is 0.211 e. The summed E-state index contributed by atoms with van der Waals surface area (Å²) in [6, 6.07) is 2.35. The second kappa shape index (κ2) is 8.27. The van der Waals surface area contributed by atoms with Crippen molar-refractivity contribution in [1.82, 2.24) is 14.1 Å². The molecular weight excluding hydrogens is 342 g/mol. The molecule has 2 saturated heterocycles. The first-order valence-corrected chi connectivity index (χ1v) is 11.7. The Kier molecular flexibility index (Phi) is 6.32. The van der Waals surface area contributed by atoms with Crippen LogP contribution in [0, 0.1) is 0 Å². The number of likely N-dealkylation sites (tertiary alicyclic amines) is 1. The monoisotopic (exact) mass is 371 g/mol. The van der Waals surface area contributed by atoms with Crippen molar-refractivity contribution in [3.05, 3.63) is 21.9 Å². The number of rotatable bonds is 5. The minimum absolute atomic E-state index is 0.616. The second-order valence-corrected chi connectivity index (χ2v) is 10.0. The molecule has 0 saturated carbocycles. The lowest BCUT2D eigenvalue weighted by atomic mass is 10.1. The van der Waals surface area contributed by atoms with E-state index in [2.05, 4.69) is 21.2 Å². The summed E-state index contributed by atoms with van der Waals surface area (Å²) in [4.78, 5) is 6.35. The zero-order chi connectivity index (χ0) is 17.0. The average molecular weight is 372 g/mol. The van der Waals surface area contributed by atoms with Gasteiger partial charge in [-0.05, 0) is 55.9 Å². The van der Waals surface area contributed by atoms with E-state index in [1.54, 1.807) is 4.31 Å². The number of hydrogen-bond donors (Lipinski definition) is 0. The fourth-order valence-corrected chi connectivity index (χ4v) is 5.42.